The number of nitrogens with zero attached hydrogens (tertiary/aromatic N) is 4. The molecule has 0 saturated carbocycles. The first-order valence-corrected chi connectivity index (χ1v) is 6.79. The number of aromatic nitrogens is 5. The molecule has 8 heteroatoms. The second kappa shape index (κ2) is 5.14. The second-order valence-electron chi connectivity index (χ2n) is 5.14. The number of hydrogen-bond acceptors (Lipinski definition) is 4. The molecule has 0 spiro atoms. The minimum atomic E-state index is -0.323. The molecule has 3 aromatic heterocycles. The van der Waals surface area contributed by atoms with Crippen LogP contribution in [0.2, 0.25) is 0 Å². The number of aryl methyl sites for hydroxylation is 3. The van der Waals surface area contributed by atoms with Crippen molar-refractivity contribution in [2.24, 2.45) is 14.1 Å². The van der Waals surface area contributed by atoms with E-state index in [1.165, 1.54) is 4.68 Å². The molecule has 0 fully saturated rings. The van der Waals surface area contributed by atoms with E-state index >= 15 is 0 Å². The SMILES string of the molecule is Cc1cc(C(=O)NCc2ccnn2C)c2c(=O)[nH]n(C)c2n1. The molecule has 3 heterocycles. The second-order valence-corrected chi connectivity index (χ2v) is 5.14. The molecule has 3 rings (SSSR count). The predicted molar refractivity (Wildman–Crippen MR) is 80.4 cm³/mol. The van der Waals surface area contributed by atoms with Gasteiger partial charge in [-0.2, -0.15) is 5.10 Å². The first-order chi connectivity index (χ1) is 10.5. The zero-order valence-electron chi connectivity index (χ0n) is 12.5. The van der Waals surface area contributed by atoms with Crippen molar-refractivity contribution in [1.29, 1.82) is 0 Å². The van der Waals surface area contributed by atoms with E-state index in [0.29, 0.717) is 28.8 Å². The van der Waals surface area contributed by atoms with E-state index in [1.807, 2.05) is 6.07 Å². The Morgan fingerprint density at radius 3 is 2.86 bits per heavy atom. The van der Waals surface area contributed by atoms with Crippen LogP contribution in [0.15, 0.2) is 23.1 Å². The van der Waals surface area contributed by atoms with Gasteiger partial charge in [-0.15, -0.1) is 0 Å². The smallest absolute Gasteiger partial charge is 0.274 e. The Bertz CT molecular complexity index is 917. The number of H-pyrrole nitrogens is 1. The van der Waals surface area contributed by atoms with Gasteiger partial charge in [0.05, 0.1) is 23.2 Å². The highest BCUT2D eigenvalue weighted by Crippen LogP contribution is 2.14. The van der Waals surface area contributed by atoms with Crippen LogP contribution in [0, 0.1) is 6.92 Å². The van der Waals surface area contributed by atoms with Gasteiger partial charge in [-0.1, -0.05) is 0 Å². The molecule has 0 atom stereocenters. The topological polar surface area (TPSA) is 97.6 Å². The van der Waals surface area contributed by atoms with Crippen molar-refractivity contribution >= 4 is 16.9 Å². The molecule has 0 saturated heterocycles. The summed E-state index contributed by atoms with van der Waals surface area (Å²) in [5.41, 5.74) is 2.02. The largest absolute Gasteiger partial charge is 0.346 e. The van der Waals surface area contributed by atoms with Crippen molar-refractivity contribution in [3.63, 3.8) is 0 Å². The summed E-state index contributed by atoms with van der Waals surface area (Å²) in [4.78, 5) is 28.8. The summed E-state index contributed by atoms with van der Waals surface area (Å²) < 4.78 is 3.20. The average Bonchev–Trinajstić information content (AvgIpc) is 3.00. The van der Waals surface area contributed by atoms with E-state index in [9.17, 15) is 9.59 Å². The highest BCUT2D eigenvalue weighted by atomic mass is 16.2. The van der Waals surface area contributed by atoms with Gasteiger partial charge in [-0.3, -0.25) is 24.1 Å². The highest BCUT2D eigenvalue weighted by Gasteiger charge is 2.17. The Balaban J connectivity index is 1.97. The third kappa shape index (κ3) is 2.28. The number of fused-ring (bicyclic) bond motifs is 1. The van der Waals surface area contributed by atoms with Gasteiger partial charge in [-0.25, -0.2) is 4.98 Å². The summed E-state index contributed by atoms with van der Waals surface area (Å²) in [6.45, 7) is 2.12. The van der Waals surface area contributed by atoms with E-state index in [2.05, 4.69) is 20.5 Å². The van der Waals surface area contributed by atoms with Crippen LogP contribution in [0.3, 0.4) is 0 Å². The Labute approximate surface area is 125 Å². The number of rotatable bonds is 3. The van der Waals surface area contributed by atoms with Crippen molar-refractivity contribution in [2.75, 3.05) is 0 Å². The maximum Gasteiger partial charge on any atom is 0.274 e. The van der Waals surface area contributed by atoms with Crippen LogP contribution in [-0.2, 0) is 20.6 Å². The van der Waals surface area contributed by atoms with Crippen LogP contribution in [0.1, 0.15) is 21.7 Å². The van der Waals surface area contributed by atoms with Crippen LogP contribution in [0.5, 0.6) is 0 Å². The third-order valence-corrected chi connectivity index (χ3v) is 3.54. The third-order valence-electron chi connectivity index (χ3n) is 3.54. The average molecular weight is 300 g/mol. The fourth-order valence-corrected chi connectivity index (χ4v) is 2.40. The molecular weight excluding hydrogens is 284 g/mol. The molecule has 0 radical (unpaired) electrons. The number of carbonyl (C=O) groups is 1. The van der Waals surface area contributed by atoms with E-state index in [4.69, 9.17) is 0 Å². The molecule has 22 heavy (non-hydrogen) atoms. The molecule has 0 bridgehead atoms. The predicted octanol–water partition coefficient (Wildman–Crippen LogP) is 0.234. The van der Waals surface area contributed by atoms with Crippen LogP contribution in [0.4, 0.5) is 0 Å². The molecule has 2 N–H and O–H groups in total. The maximum absolute atomic E-state index is 12.4. The van der Waals surface area contributed by atoms with Gasteiger partial charge in [0.2, 0.25) is 0 Å². The van der Waals surface area contributed by atoms with E-state index < -0.39 is 0 Å². The Morgan fingerprint density at radius 2 is 2.18 bits per heavy atom. The molecule has 0 aliphatic heterocycles. The zero-order chi connectivity index (χ0) is 15.9. The summed E-state index contributed by atoms with van der Waals surface area (Å²) >= 11 is 0. The normalized spacial score (nSPS) is 11.0. The first kappa shape index (κ1) is 14.1. The zero-order valence-corrected chi connectivity index (χ0v) is 12.5. The maximum atomic E-state index is 12.4. The summed E-state index contributed by atoms with van der Waals surface area (Å²) in [7, 11) is 3.49. The van der Waals surface area contributed by atoms with Gasteiger partial charge in [-0.05, 0) is 19.1 Å². The number of pyridine rings is 1. The number of nitrogens with one attached hydrogen (secondary N) is 2. The van der Waals surface area contributed by atoms with Crippen molar-refractivity contribution in [3.8, 4) is 0 Å². The Morgan fingerprint density at radius 1 is 1.41 bits per heavy atom. The van der Waals surface area contributed by atoms with Crippen molar-refractivity contribution in [2.45, 2.75) is 13.5 Å². The van der Waals surface area contributed by atoms with Gasteiger partial charge in [0.1, 0.15) is 0 Å². The molecule has 0 unspecified atom stereocenters. The molecule has 3 aromatic rings. The summed E-state index contributed by atoms with van der Waals surface area (Å²) in [6.07, 6.45) is 1.66. The van der Waals surface area contributed by atoms with Crippen LogP contribution >= 0.6 is 0 Å². The quantitative estimate of drug-likeness (QED) is 0.723. The van der Waals surface area contributed by atoms with Crippen LogP contribution < -0.4 is 10.9 Å². The molecule has 114 valence electrons. The lowest BCUT2D eigenvalue weighted by Crippen LogP contribution is -2.25. The number of carbonyl (C=O) groups excluding carboxylic acids is 1. The van der Waals surface area contributed by atoms with E-state index in [-0.39, 0.29) is 11.5 Å². The molecular formula is C14H16N6O2. The van der Waals surface area contributed by atoms with E-state index in [1.54, 1.807) is 38.0 Å². The lowest BCUT2D eigenvalue weighted by molar-refractivity contribution is 0.0951. The molecule has 0 aliphatic rings. The van der Waals surface area contributed by atoms with Gasteiger partial charge in [0, 0.05) is 26.0 Å². The fourth-order valence-electron chi connectivity index (χ4n) is 2.40. The molecule has 8 nitrogen and oxygen atoms in total. The lowest BCUT2D eigenvalue weighted by atomic mass is 10.1. The number of amides is 1. The fraction of sp³-hybridized carbons (Fsp3) is 0.286. The van der Waals surface area contributed by atoms with Crippen molar-refractivity contribution < 1.29 is 4.79 Å². The molecule has 0 aromatic carbocycles. The van der Waals surface area contributed by atoms with Crippen LogP contribution in [0.25, 0.3) is 11.0 Å². The lowest BCUT2D eigenvalue weighted by Gasteiger charge is -2.07. The highest BCUT2D eigenvalue weighted by molar-refractivity contribution is 6.05. The number of aromatic amines is 1. The van der Waals surface area contributed by atoms with E-state index in [0.717, 1.165) is 5.69 Å². The van der Waals surface area contributed by atoms with Crippen molar-refractivity contribution in [1.82, 2.24) is 29.9 Å². The minimum Gasteiger partial charge on any atom is -0.346 e. The summed E-state index contributed by atoms with van der Waals surface area (Å²) in [5, 5.41) is 9.78. The summed E-state index contributed by atoms with van der Waals surface area (Å²) in [5.74, 6) is -0.312. The Kier molecular flexibility index (Phi) is 3.28. The number of hydrogen-bond donors (Lipinski definition) is 2. The minimum absolute atomic E-state index is 0.301. The van der Waals surface area contributed by atoms with Crippen LogP contribution in [-0.4, -0.2) is 30.5 Å². The molecule has 1 amide bonds. The van der Waals surface area contributed by atoms with Gasteiger partial charge < -0.3 is 5.32 Å². The standard InChI is InChI=1S/C14H16N6O2/c1-8-6-10(11-12(17-8)20(3)18-14(11)22)13(21)15-7-9-4-5-16-19(9)2/h4-6H,7H2,1-3H3,(H,15,21)(H,18,22). The molecule has 0 aliphatic carbocycles. The van der Waals surface area contributed by atoms with Gasteiger partial charge in [0.15, 0.2) is 5.65 Å². The van der Waals surface area contributed by atoms with Gasteiger partial charge >= 0.3 is 0 Å². The van der Waals surface area contributed by atoms with Gasteiger partial charge in [0.25, 0.3) is 11.5 Å². The monoisotopic (exact) mass is 300 g/mol. The van der Waals surface area contributed by atoms with Crippen molar-refractivity contribution in [3.05, 3.63) is 45.6 Å². The summed E-state index contributed by atoms with van der Waals surface area (Å²) in [6, 6.07) is 3.44. The first-order valence-electron chi connectivity index (χ1n) is 6.79. The Hall–Kier alpha value is -2.90.